The van der Waals surface area contributed by atoms with Crippen molar-refractivity contribution in [3.8, 4) is 0 Å². The first-order valence-electron chi connectivity index (χ1n) is 11.2. The first kappa shape index (κ1) is 26.2. The van der Waals surface area contributed by atoms with Crippen LogP contribution in [0.15, 0.2) is 35.0 Å². The van der Waals surface area contributed by atoms with Crippen molar-refractivity contribution < 1.29 is 37.6 Å². The third kappa shape index (κ3) is 7.07. The molecule has 2 aromatic rings. The summed E-state index contributed by atoms with van der Waals surface area (Å²) in [5, 5.41) is 13.9. The van der Waals surface area contributed by atoms with E-state index in [1.54, 1.807) is 13.0 Å². The number of carbonyl (C=O) groups excluding carboxylic acids is 4. The molecule has 194 valence electrons. The third-order valence-electron chi connectivity index (χ3n) is 5.03. The Morgan fingerprint density at radius 1 is 1.25 bits per heavy atom. The Morgan fingerprint density at radius 3 is 2.75 bits per heavy atom. The van der Waals surface area contributed by atoms with Crippen molar-refractivity contribution in [2.75, 3.05) is 43.0 Å². The van der Waals surface area contributed by atoms with E-state index in [1.807, 2.05) is 0 Å². The molecule has 0 bridgehead atoms. The van der Waals surface area contributed by atoms with Crippen LogP contribution in [0.1, 0.15) is 24.4 Å². The van der Waals surface area contributed by atoms with Crippen molar-refractivity contribution in [2.45, 2.75) is 26.0 Å². The molecule has 4 amide bonds. The number of amides is 4. The standard InChI is InChI=1S/C22H27FN6O7/c1-3-34-21(32)26-11-15-12-29(22(33)35-15)14-4-5-17(16(23)10-14)24-8-9-25-19(30)13(2)28-20(31)18-6-7-27-36-18/h4-7,10,13,15,24H,3,8-9,11-12H2,1-2H3,(H,25,30)(H,26,32)(H,28,31)/t13-,15-/m0/s1. The van der Waals surface area contributed by atoms with E-state index in [1.165, 1.54) is 36.2 Å². The average Bonchev–Trinajstić information content (AvgIpc) is 3.51. The van der Waals surface area contributed by atoms with Crippen molar-refractivity contribution in [2.24, 2.45) is 0 Å². The molecule has 0 aliphatic carbocycles. The van der Waals surface area contributed by atoms with Gasteiger partial charge in [0.1, 0.15) is 18.0 Å². The van der Waals surface area contributed by atoms with E-state index in [4.69, 9.17) is 14.0 Å². The lowest BCUT2D eigenvalue weighted by molar-refractivity contribution is -0.122. The predicted molar refractivity (Wildman–Crippen MR) is 124 cm³/mol. The van der Waals surface area contributed by atoms with E-state index >= 15 is 0 Å². The van der Waals surface area contributed by atoms with Crippen LogP contribution in [0.2, 0.25) is 0 Å². The fourth-order valence-electron chi connectivity index (χ4n) is 3.24. The number of cyclic esters (lactones) is 1. The maximum Gasteiger partial charge on any atom is 0.414 e. The SMILES string of the molecule is CCOC(=O)NC[C@H]1CN(c2ccc(NCCNC(=O)[C@H](C)NC(=O)c3ccno3)c(F)c2)C(=O)O1. The minimum absolute atomic E-state index is 0.0127. The van der Waals surface area contributed by atoms with E-state index < -0.39 is 42.0 Å². The number of hydrogen-bond acceptors (Lipinski definition) is 9. The van der Waals surface area contributed by atoms with Crippen molar-refractivity contribution in [1.29, 1.82) is 0 Å². The number of hydrogen-bond donors (Lipinski definition) is 4. The third-order valence-corrected chi connectivity index (χ3v) is 5.03. The van der Waals surface area contributed by atoms with Gasteiger partial charge in [-0.3, -0.25) is 14.5 Å². The summed E-state index contributed by atoms with van der Waals surface area (Å²) in [6.45, 7) is 3.97. The van der Waals surface area contributed by atoms with Crippen LogP contribution in [0.3, 0.4) is 0 Å². The normalized spacial score (nSPS) is 15.6. The summed E-state index contributed by atoms with van der Waals surface area (Å²) >= 11 is 0. The highest BCUT2D eigenvalue weighted by molar-refractivity contribution is 5.95. The molecule has 0 unspecified atom stereocenters. The zero-order valence-corrected chi connectivity index (χ0v) is 19.7. The van der Waals surface area contributed by atoms with Gasteiger partial charge in [0.2, 0.25) is 11.7 Å². The first-order chi connectivity index (χ1) is 17.3. The Morgan fingerprint density at radius 2 is 2.06 bits per heavy atom. The van der Waals surface area contributed by atoms with Gasteiger partial charge in [-0.05, 0) is 32.0 Å². The Hall–Kier alpha value is -4.36. The molecule has 0 radical (unpaired) electrons. The molecule has 1 aliphatic rings. The van der Waals surface area contributed by atoms with Crippen molar-refractivity contribution in [3.63, 3.8) is 0 Å². The lowest BCUT2D eigenvalue weighted by Gasteiger charge is -2.16. The molecule has 1 saturated heterocycles. The molecule has 1 fully saturated rings. The van der Waals surface area contributed by atoms with Gasteiger partial charge in [-0.1, -0.05) is 5.16 Å². The van der Waals surface area contributed by atoms with Crippen LogP contribution in [0.4, 0.5) is 25.4 Å². The van der Waals surface area contributed by atoms with Gasteiger partial charge < -0.3 is 35.3 Å². The van der Waals surface area contributed by atoms with Crippen LogP contribution in [0, 0.1) is 5.82 Å². The molecule has 0 saturated carbocycles. The fraction of sp³-hybridized carbons (Fsp3) is 0.409. The zero-order valence-electron chi connectivity index (χ0n) is 19.7. The number of benzene rings is 1. The molecular formula is C22H27FN6O7. The van der Waals surface area contributed by atoms with Gasteiger partial charge in [0.15, 0.2) is 0 Å². The minimum atomic E-state index is -0.824. The van der Waals surface area contributed by atoms with Crippen LogP contribution in [0.25, 0.3) is 0 Å². The number of aromatic nitrogens is 1. The Bertz CT molecular complexity index is 1080. The van der Waals surface area contributed by atoms with E-state index in [9.17, 15) is 23.6 Å². The smallest absolute Gasteiger partial charge is 0.414 e. The van der Waals surface area contributed by atoms with E-state index in [2.05, 4.69) is 26.4 Å². The van der Waals surface area contributed by atoms with Gasteiger partial charge in [0, 0.05) is 19.2 Å². The maximum absolute atomic E-state index is 14.6. The van der Waals surface area contributed by atoms with Gasteiger partial charge in [0.05, 0.1) is 37.3 Å². The average molecular weight is 506 g/mol. The minimum Gasteiger partial charge on any atom is -0.450 e. The molecule has 1 aliphatic heterocycles. The second-order valence-electron chi connectivity index (χ2n) is 7.67. The molecule has 0 spiro atoms. The number of nitrogens with one attached hydrogen (secondary N) is 4. The van der Waals surface area contributed by atoms with Crippen LogP contribution >= 0.6 is 0 Å². The Kier molecular flexibility index (Phi) is 9.02. The van der Waals surface area contributed by atoms with Crippen molar-refractivity contribution in [1.82, 2.24) is 21.1 Å². The predicted octanol–water partition coefficient (Wildman–Crippen LogP) is 1.23. The number of alkyl carbamates (subject to hydrolysis) is 1. The molecule has 14 heteroatoms. The number of nitrogens with zero attached hydrogens (tertiary/aromatic N) is 2. The van der Waals surface area contributed by atoms with Gasteiger partial charge >= 0.3 is 12.2 Å². The van der Waals surface area contributed by atoms with Gasteiger partial charge in [0.25, 0.3) is 5.91 Å². The summed E-state index contributed by atoms with van der Waals surface area (Å²) in [6, 6.07) is 4.75. The molecule has 1 aromatic heterocycles. The second-order valence-corrected chi connectivity index (χ2v) is 7.67. The van der Waals surface area contributed by atoms with Gasteiger partial charge in [-0.2, -0.15) is 0 Å². The number of halogens is 1. The second kappa shape index (κ2) is 12.4. The summed E-state index contributed by atoms with van der Waals surface area (Å²) in [7, 11) is 0. The highest BCUT2D eigenvalue weighted by Crippen LogP contribution is 2.25. The van der Waals surface area contributed by atoms with E-state index in [-0.39, 0.29) is 44.2 Å². The summed E-state index contributed by atoms with van der Waals surface area (Å²) in [4.78, 5) is 48.8. The van der Waals surface area contributed by atoms with E-state index in [0.717, 1.165) is 0 Å². The topological polar surface area (TPSA) is 164 Å². The van der Waals surface area contributed by atoms with Crippen LogP contribution < -0.4 is 26.2 Å². The zero-order chi connectivity index (χ0) is 26.1. The van der Waals surface area contributed by atoms with E-state index in [0.29, 0.717) is 5.69 Å². The van der Waals surface area contributed by atoms with Crippen LogP contribution in [0.5, 0.6) is 0 Å². The number of carbonyl (C=O) groups is 4. The highest BCUT2D eigenvalue weighted by Gasteiger charge is 2.33. The summed E-state index contributed by atoms with van der Waals surface area (Å²) < 4.78 is 29.3. The largest absolute Gasteiger partial charge is 0.450 e. The lowest BCUT2D eigenvalue weighted by atomic mass is 10.2. The molecule has 3 rings (SSSR count). The van der Waals surface area contributed by atoms with Gasteiger partial charge in [-0.25, -0.2) is 14.0 Å². The lowest BCUT2D eigenvalue weighted by Crippen LogP contribution is -2.45. The summed E-state index contributed by atoms with van der Waals surface area (Å²) in [5.41, 5.74) is 0.471. The number of rotatable bonds is 11. The van der Waals surface area contributed by atoms with Crippen molar-refractivity contribution >= 4 is 35.4 Å². The number of anilines is 2. The molecule has 13 nitrogen and oxygen atoms in total. The molecule has 2 heterocycles. The monoisotopic (exact) mass is 506 g/mol. The highest BCUT2D eigenvalue weighted by atomic mass is 19.1. The van der Waals surface area contributed by atoms with Crippen molar-refractivity contribution in [3.05, 3.63) is 42.0 Å². The maximum atomic E-state index is 14.6. The van der Waals surface area contributed by atoms with Crippen LogP contribution in [-0.2, 0) is 14.3 Å². The molecule has 4 N–H and O–H groups in total. The molecule has 1 aromatic carbocycles. The fourth-order valence-corrected chi connectivity index (χ4v) is 3.24. The summed E-state index contributed by atoms with van der Waals surface area (Å²) in [5.74, 6) is -1.62. The Balaban J connectivity index is 1.42. The number of ether oxygens (including phenoxy) is 2. The molecule has 36 heavy (non-hydrogen) atoms. The molecule has 2 atom stereocenters. The Labute approximate surface area is 205 Å². The van der Waals surface area contributed by atoms with Gasteiger partial charge in [-0.15, -0.1) is 0 Å². The first-order valence-corrected chi connectivity index (χ1v) is 11.2. The van der Waals surface area contributed by atoms with Crippen LogP contribution in [-0.4, -0.2) is 74.1 Å². The molecular weight excluding hydrogens is 479 g/mol. The quantitative estimate of drug-likeness (QED) is 0.328. The summed E-state index contributed by atoms with van der Waals surface area (Å²) in [6.07, 6.45) is -0.557.